The summed E-state index contributed by atoms with van der Waals surface area (Å²) in [5.41, 5.74) is 2.71. The van der Waals surface area contributed by atoms with E-state index in [0.717, 1.165) is 5.69 Å². The number of rotatable bonds is 6. The molecule has 1 aliphatic heterocycles. The molecule has 1 aliphatic rings. The molecule has 160 valence electrons. The molecule has 3 aromatic carbocycles. The van der Waals surface area contributed by atoms with Crippen LogP contribution in [-0.2, 0) is 0 Å². The smallest absolute Gasteiger partial charge is 0.262 e. The molecule has 4 rings (SSSR count). The molecule has 0 unspecified atom stereocenters. The number of nitrogens with zero attached hydrogens (tertiary/aromatic N) is 1. The van der Waals surface area contributed by atoms with E-state index in [1.807, 2.05) is 42.5 Å². The van der Waals surface area contributed by atoms with Gasteiger partial charge in [0.05, 0.1) is 39.6 Å². The first-order valence-electron chi connectivity index (χ1n) is 9.74. The molecule has 0 fully saturated rings. The quantitative estimate of drug-likeness (QED) is 0.634. The lowest BCUT2D eigenvalue weighted by atomic mass is 10.0. The third kappa shape index (κ3) is 3.59. The molecule has 0 radical (unpaired) electrons. The summed E-state index contributed by atoms with van der Waals surface area (Å²) in [6.45, 7) is 0. The van der Waals surface area contributed by atoms with Crippen LogP contribution in [0.15, 0.2) is 60.7 Å². The van der Waals surface area contributed by atoms with E-state index < -0.39 is 6.17 Å². The first-order valence-corrected chi connectivity index (χ1v) is 9.74. The van der Waals surface area contributed by atoms with E-state index in [-0.39, 0.29) is 5.91 Å². The maximum Gasteiger partial charge on any atom is 0.262 e. The van der Waals surface area contributed by atoms with E-state index in [1.54, 1.807) is 51.5 Å². The number of amides is 1. The molecule has 7 nitrogen and oxygen atoms in total. The molecule has 1 heterocycles. The van der Waals surface area contributed by atoms with E-state index in [9.17, 15) is 4.79 Å². The van der Waals surface area contributed by atoms with E-state index in [4.69, 9.17) is 18.9 Å². The predicted octanol–water partition coefficient (Wildman–Crippen LogP) is 4.49. The van der Waals surface area contributed by atoms with Crippen LogP contribution in [0.25, 0.3) is 0 Å². The fourth-order valence-corrected chi connectivity index (χ4v) is 3.77. The maximum atomic E-state index is 13.6. The number of anilines is 2. The Morgan fingerprint density at radius 3 is 1.97 bits per heavy atom. The van der Waals surface area contributed by atoms with Crippen molar-refractivity contribution in [2.45, 2.75) is 6.17 Å². The minimum atomic E-state index is -0.577. The highest BCUT2D eigenvalue weighted by Crippen LogP contribution is 2.45. The topological polar surface area (TPSA) is 69.3 Å². The van der Waals surface area contributed by atoms with Crippen molar-refractivity contribution < 1.29 is 23.7 Å². The van der Waals surface area contributed by atoms with Crippen LogP contribution in [-0.4, -0.2) is 34.3 Å². The zero-order valence-corrected chi connectivity index (χ0v) is 17.8. The zero-order chi connectivity index (χ0) is 22.0. The Labute approximate surface area is 181 Å². The van der Waals surface area contributed by atoms with Crippen molar-refractivity contribution in [1.82, 2.24) is 0 Å². The van der Waals surface area contributed by atoms with Crippen LogP contribution in [0.3, 0.4) is 0 Å². The normalized spacial score (nSPS) is 15.0. The van der Waals surface area contributed by atoms with Gasteiger partial charge in [-0.3, -0.25) is 9.69 Å². The minimum Gasteiger partial charge on any atom is -0.497 e. The van der Waals surface area contributed by atoms with Crippen molar-refractivity contribution in [2.75, 3.05) is 38.7 Å². The van der Waals surface area contributed by atoms with E-state index in [2.05, 4.69) is 5.32 Å². The van der Waals surface area contributed by atoms with Gasteiger partial charge in [0.2, 0.25) is 0 Å². The minimum absolute atomic E-state index is 0.135. The Morgan fingerprint density at radius 1 is 0.774 bits per heavy atom. The van der Waals surface area contributed by atoms with Crippen LogP contribution < -0.4 is 29.2 Å². The molecule has 7 heteroatoms. The SMILES string of the molecule is COc1ccc(N2C(=O)c3ccccc3N[C@H]2c2c(OC)cc(OC)cc2OC)cc1. The van der Waals surface area contributed by atoms with Gasteiger partial charge in [-0.15, -0.1) is 0 Å². The predicted molar refractivity (Wildman–Crippen MR) is 119 cm³/mol. The summed E-state index contributed by atoms with van der Waals surface area (Å²) in [5.74, 6) is 2.25. The first kappa shape index (κ1) is 20.4. The Bertz CT molecular complexity index is 1070. The van der Waals surface area contributed by atoms with Crippen LogP contribution >= 0.6 is 0 Å². The van der Waals surface area contributed by atoms with Crippen molar-refractivity contribution in [1.29, 1.82) is 0 Å². The second-order valence-corrected chi connectivity index (χ2v) is 6.91. The van der Waals surface area contributed by atoms with Gasteiger partial charge >= 0.3 is 0 Å². The third-order valence-electron chi connectivity index (χ3n) is 5.30. The van der Waals surface area contributed by atoms with Crippen LogP contribution in [0.2, 0.25) is 0 Å². The number of hydrogen-bond acceptors (Lipinski definition) is 6. The molecule has 0 spiro atoms. The molecule has 1 amide bonds. The molecular weight excluding hydrogens is 396 g/mol. The molecule has 1 N–H and O–H groups in total. The maximum absolute atomic E-state index is 13.6. The lowest BCUT2D eigenvalue weighted by Gasteiger charge is -2.39. The van der Waals surface area contributed by atoms with Gasteiger partial charge in [-0.25, -0.2) is 0 Å². The standard InChI is InChI=1S/C24H24N2O5/c1-28-16-11-9-15(10-12-16)26-23(25-19-8-6-5-7-18(19)24(26)27)22-20(30-3)13-17(29-2)14-21(22)31-4/h5-14,23,25H,1-4H3/t23-/m1/s1. The van der Waals surface area contributed by atoms with Crippen molar-refractivity contribution >= 4 is 17.3 Å². The average molecular weight is 420 g/mol. The van der Waals surface area contributed by atoms with Gasteiger partial charge in [-0.1, -0.05) is 12.1 Å². The fraction of sp³-hybridized carbons (Fsp3) is 0.208. The molecule has 0 aromatic heterocycles. The number of hydrogen-bond donors (Lipinski definition) is 1. The van der Waals surface area contributed by atoms with Crippen molar-refractivity contribution in [3.63, 3.8) is 0 Å². The second kappa shape index (κ2) is 8.47. The van der Waals surface area contributed by atoms with Gasteiger partial charge in [-0.2, -0.15) is 0 Å². The van der Waals surface area contributed by atoms with Crippen LogP contribution in [0.1, 0.15) is 22.1 Å². The summed E-state index contributed by atoms with van der Waals surface area (Å²) < 4.78 is 22.0. The van der Waals surface area contributed by atoms with Crippen LogP contribution in [0.4, 0.5) is 11.4 Å². The number of para-hydroxylation sites is 1. The number of carbonyl (C=O) groups is 1. The second-order valence-electron chi connectivity index (χ2n) is 6.91. The van der Waals surface area contributed by atoms with E-state index in [1.165, 1.54) is 0 Å². The number of methoxy groups -OCH3 is 4. The summed E-state index contributed by atoms with van der Waals surface area (Å²) in [6, 6.07) is 18.3. The van der Waals surface area contributed by atoms with Gasteiger partial charge < -0.3 is 24.3 Å². The number of nitrogens with one attached hydrogen (secondary N) is 1. The van der Waals surface area contributed by atoms with Gasteiger partial charge in [-0.05, 0) is 36.4 Å². The molecule has 1 atom stereocenters. The van der Waals surface area contributed by atoms with E-state index in [0.29, 0.717) is 39.8 Å². The summed E-state index contributed by atoms with van der Waals surface area (Å²) in [7, 11) is 6.34. The summed E-state index contributed by atoms with van der Waals surface area (Å²) >= 11 is 0. The summed E-state index contributed by atoms with van der Waals surface area (Å²) in [6.07, 6.45) is -0.577. The summed E-state index contributed by atoms with van der Waals surface area (Å²) in [5, 5.41) is 3.48. The van der Waals surface area contributed by atoms with Gasteiger partial charge in [0, 0.05) is 23.5 Å². The van der Waals surface area contributed by atoms with Crippen molar-refractivity contribution in [3.05, 3.63) is 71.8 Å². The molecule has 0 saturated carbocycles. The highest BCUT2D eigenvalue weighted by atomic mass is 16.5. The highest BCUT2D eigenvalue weighted by Gasteiger charge is 2.37. The molecular formula is C24H24N2O5. The third-order valence-corrected chi connectivity index (χ3v) is 5.30. The molecule has 0 bridgehead atoms. The summed E-state index contributed by atoms with van der Waals surface area (Å²) in [4.78, 5) is 15.3. The van der Waals surface area contributed by atoms with Crippen molar-refractivity contribution in [2.24, 2.45) is 0 Å². The largest absolute Gasteiger partial charge is 0.497 e. The molecule has 0 saturated heterocycles. The molecule has 31 heavy (non-hydrogen) atoms. The lowest BCUT2D eigenvalue weighted by molar-refractivity contribution is 0.0974. The monoisotopic (exact) mass is 420 g/mol. The van der Waals surface area contributed by atoms with Gasteiger partial charge in [0.15, 0.2) is 0 Å². The zero-order valence-electron chi connectivity index (χ0n) is 17.8. The molecule has 3 aromatic rings. The molecule has 0 aliphatic carbocycles. The van der Waals surface area contributed by atoms with Crippen LogP contribution in [0.5, 0.6) is 23.0 Å². The Balaban J connectivity index is 1.92. The number of carbonyl (C=O) groups excluding carboxylic acids is 1. The average Bonchev–Trinajstić information content (AvgIpc) is 2.83. The number of ether oxygens (including phenoxy) is 4. The van der Waals surface area contributed by atoms with Gasteiger partial charge in [0.25, 0.3) is 5.91 Å². The van der Waals surface area contributed by atoms with Gasteiger partial charge in [0.1, 0.15) is 29.2 Å². The first-order chi connectivity index (χ1) is 15.1. The number of fused-ring (bicyclic) bond motifs is 1. The fourth-order valence-electron chi connectivity index (χ4n) is 3.77. The van der Waals surface area contributed by atoms with Crippen LogP contribution in [0, 0.1) is 0 Å². The number of benzene rings is 3. The Kier molecular flexibility index (Phi) is 5.58. The van der Waals surface area contributed by atoms with E-state index >= 15 is 0 Å². The lowest BCUT2D eigenvalue weighted by Crippen LogP contribution is -2.43. The Hall–Kier alpha value is -3.87. The Morgan fingerprint density at radius 2 is 1.39 bits per heavy atom. The highest BCUT2D eigenvalue weighted by molar-refractivity contribution is 6.12. The van der Waals surface area contributed by atoms with Crippen molar-refractivity contribution in [3.8, 4) is 23.0 Å².